The average molecular weight is 206 g/mol. The predicted molar refractivity (Wildman–Crippen MR) is 61.2 cm³/mol. The lowest BCUT2D eigenvalue weighted by molar-refractivity contribution is -0.118. The van der Waals surface area contributed by atoms with Crippen molar-refractivity contribution < 1.29 is 9.53 Å². The van der Waals surface area contributed by atoms with Crippen LogP contribution in [-0.4, -0.2) is 12.4 Å². The van der Waals surface area contributed by atoms with E-state index in [1.54, 1.807) is 0 Å². The summed E-state index contributed by atoms with van der Waals surface area (Å²) in [6.07, 6.45) is 2.07. The number of hydrogen-bond donors (Lipinski definition) is 0. The lowest BCUT2D eigenvalue weighted by Gasteiger charge is -2.05. The zero-order valence-electron chi connectivity index (χ0n) is 9.45. The molecule has 1 aromatic carbocycles. The van der Waals surface area contributed by atoms with Gasteiger partial charge in [-0.05, 0) is 31.0 Å². The lowest BCUT2D eigenvalue weighted by atomic mass is 10.1. The largest absolute Gasteiger partial charge is 0.494 e. The van der Waals surface area contributed by atoms with E-state index in [0.717, 1.165) is 12.2 Å². The fourth-order valence-electron chi connectivity index (χ4n) is 1.42. The summed E-state index contributed by atoms with van der Waals surface area (Å²) in [5, 5.41) is 0. The molecule has 1 rings (SSSR count). The molecule has 0 saturated carbocycles. The normalized spacial score (nSPS) is 10.0. The number of ether oxygens (including phenoxy) is 1. The number of carbonyl (C=O) groups excluding carboxylic acids is 1. The fraction of sp³-hybridized carbons (Fsp3) is 0.462. The van der Waals surface area contributed by atoms with Gasteiger partial charge in [-0.1, -0.05) is 19.1 Å². The summed E-state index contributed by atoms with van der Waals surface area (Å²) < 4.78 is 5.39. The third-order valence-electron chi connectivity index (χ3n) is 2.30. The van der Waals surface area contributed by atoms with Crippen LogP contribution in [0.5, 0.6) is 5.75 Å². The first-order valence-corrected chi connectivity index (χ1v) is 5.49. The van der Waals surface area contributed by atoms with Crippen molar-refractivity contribution in [3.05, 3.63) is 29.8 Å². The van der Waals surface area contributed by atoms with Crippen molar-refractivity contribution in [3.63, 3.8) is 0 Å². The molecule has 1 aromatic rings. The van der Waals surface area contributed by atoms with Crippen LogP contribution in [-0.2, 0) is 11.2 Å². The van der Waals surface area contributed by atoms with Crippen molar-refractivity contribution >= 4 is 5.78 Å². The third-order valence-corrected chi connectivity index (χ3v) is 2.30. The van der Waals surface area contributed by atoms with E-state index in [-0.39, 0.29) is 0 Å². The first kappa shape index (κ1) is 11.8. The molecule has 2 nitrogen and oxygen atoms in total. The van der Waals surface area contributed by atoms with E-state index < -0.39 is 0 Å². The van der Waals surface area contributed by atoms with Crippen molar-refractivity contribution in [2.24, 2.45) is 0 Å². The lowest BCUT2D eigenvalue weighted by Crippen LogP contribution is -1.98. The van der Waals surface area contributed by atoms with Gasteiger partial charge >= 0.3 is 0 Å². The second-order valence-electron chi connectivity index (χ2n) is 3.47. The summed E-state index contributed by atoms with van der Waals surface area (Å²) >= 11 is 0. The van der Waals surface area contributed by atoms with Gasteiger partial charge in [0.15, 0.2) is 0 Å². The second kappa shape index (κ2) is 6.23. The maximum atomic E-state index is 11.2. The summed E-state index contributed by atoms with van der Waals surface area (Å²) in [5.74, 6) is 1.20. The molecule has 0 atom stereocenters. The van der Waals surface area contributed by atoms with Crippen molar-refractivity contribution in [3.8, 4) is 5.75 Å². The maximum Gasteiger partial charge on any atom is 0.132 e. The van der Waals surface area contributed by atoms with Gasteiger partial charge in [0, 0.05) is 12.8 Å². The van der Waals surface area contributed by atoms with Crippen LogP contribution >= 0.6 is 0 Å². The van der Waals surface area contributed by atoms with Gasteiger partial charge in [0.05, 0.1) is 6.61 Å². The number of ketones is 1. The van der Waals surface area contributed by atoms with Crippen molar-refractivity contribution in [2.75, 3.05) is 6.61 Å². The van der Waals surface area contributed by atoms with Gasteiger partial charge in [0.25, 0.3) is 0 Å². The zero-order chi connectivity index (χ0) is 11.1. The van der Waals surface area contributed by atoms with E-state index in [1.165, 1.54) is 5.56 Å². The Morgan fingerprint density at radius 1 is 1.33 bits per heavy atom. The number of carbonyl (C=O) groups is 1. The van der Waals surface area contributed by atoms with Gasteiger partial charge in [-0.2, -0.15) is 0 Å². The van der Waals surface area contributed by atoms with E-state index in [2.05, 4.69) is 0 Å². The Kier molecular flexibility index (Phi) is 4.88. The van der Waals surface area contributed by atoms with Crippen LogP contribution in [0.4, 0.5) is 0 Å². The monoisotopic (exact) mass is 206 g/mol. The number of benzene rings is 1. The van der Waals surface area contributed by atoms with Crippen molar-refractivity contribution in [1.82, 2.24) is 0 Å². The third kappa shape index (κ3) is 4.15. The quantitative estimate of drug-likeness (QED) is 0.715. The number of aryl methyl sites for hydroxylation is 1. The first-order valence-electron chi connectivity index (χ1n) is 5.49. The summed E-state index contributed by atoms with van der Waals surface area (Å²) in [4.78, 5) is 11.2. The van der Waals surface area contributed by atoms with Crippen LogP contribution in [0.2, 0.25) is 0 Å². The molecule has 0 unspecified atom stereocenters. The Bertz CT molecular complexity index is 318. The van der Waals surface area contributed by atoms with Crippen molar-refractivity contribution in [2.45, 2.75) is 33.1 Å². The molecule has 0 fully saturated rings. The minimum Gasteiger partial charge on any atom is -0.494 e. The highest BCUT2D eigenvalue weighted by Gasteiger charge is 2.00. The van der Waals surface area contributed by atoms with Crippen LogP contribution in [0, 0.1) is 0 Å². The number of Topliss-reactive ketones (excluding diaryl/α,β-unsaturated/α-hetero) is 1. The fourth-order valence-corrected chi connectivity index (χ4v) is 1.42. The molecule has 0 N–H and O–H groups in total. The summed E-state index contributed by atoms with van der Waals surface area (Å²) in [6.45, 7) is 4.55. The molecule has 0 amide bonds. The molecule has 2 heteroatoms. The molecular weight excluding hydrogens is 188 g/mol. The van der Waals surface area contributed by atoms with Gasteiger partial charge in [-0.25, -0.2) is 0 Å². The molecule has 0 radical (unpaired) electrons. The molecule has 0 heterocycles. The van der Waals surface area contributed by atoms with Gasteiger partial charge in [0.2, 0.25) is 0 Å². The van der Waals surface area contributed by atoms with E-state index in [4.69, 9.17) is 4.74 Å². The smallest absolute Gasteiger partial charge is 0.132 e. The molecule has 0 aliphatic heterocycles. The standard InChI is InChI=1S/C13H18O2/c1-3-12(14)9-8-11-6-5-7-13(10-11)15-4-2/h5-7,10H,3-4,8-9H2,1-2H3. The Labute approximate surface area is 91.3 Å². The highest BCUT2D eigenvalue weighted by atomic mass is 16.5. The molecule has 15 heavy (non-hydrogen) atoms. The Morgan fingerprint density at radius 2 is 2.13 bits per heavy atom. The van der Waals surface area contributed by atoms with Crippen LogP contribution in [0.25, 0.3) is 0 Å². The average Bonchev–Trinajstić information content (AvgIpc) is 2.27. The highest BCUT2D eigenvalue weighted by Crippen LogP contribution is 2.14. The molecule has 0 aliphatic rings. The van der Waals surface area contributed by atoms with Crippen LogP contribution in [0.15, 0.2) is 24.3 Å². The van der Waals surface area contributed by atoms with Gasteiger partial charge < -0.3 is 4.74 Å². The first-order chi connectivity index (χ1) is 7.26. The molecule has 0 bridgehead atoms. The topological polar surface area (TPSA) is 26.3 Å². The molecule has 82 valence electrons. The Morgan fingerprint density at radius 3 is 2.80 bits per heavy atom. The minimum atomic E-state index is 0.316. The zero-order valence-corrected chi connectivity index (χ0v) is 9.45. The van der Waals surface area contributed by atoms with Gasteiger partial charge in [0.1, 0.15) is 11.5 Å². The highest BCUT2D eigenvalue weighted by molar-refractivity contribution is 5.78. The Balaban J connectivity index is 2.53. The molecule has 0 saturated heterocycles. The predicted octanol–water partition coefficient (Wildman–Crippen LogP) is 3.00. The van der Waals surface area contributed by atoms with Crippen molar-refractivity contribution in [1.29, 1.82) is 0 Å². The van der Waals surface area contributed by atoms with Gasteiger partial charge in [-0.3, -0.25) is 4.79 Å². The number of hydrogen-bond acceptors (Lipinski definition) is 2. The molecule has 0 aromatic heterocycles. The SMILES string of the molecule is CCOc1cccc(CCC(=O)CC)c1. The van der Waals surface area contributed by atoms with E-state index in [1.807, 2.05) is 38.1 Å². The van der Waals surface area contributed by atoms with Crippen LogP contribution in [0.1, 0.15) is 32.3 Å². The minimum absolute atomic E-state index is 0.316. The van der Waals surface area contributed by atoms with E-state index in [0.29, 0.717) is 25.2 Å². The Hall–Kier alpha value is -1.31. The maximum absolute atomic E-state index is 11.2. The summed E-state index contributed by atoms with van der Waals surface area (Å²) in [5.41, 5.74) is 1.17. The summed E-state index contributed by atoms with van der Waals surface area (Å²) in [6, 6.07) is 7.95. The molecule has 0 spiro atoms. The van der Waals surface area contributed by atoms with E-state index >= 15 is 0 Å². The molecular formula is C13H18O2. The van der Waals surface area contributed by atoms with E-state index in [9.17, 15) is 4.79 Å². The summed E-state index contributed by atoms with van der Waals surface area (Å²) in [7, 11) is 0. The molecule has 0 aliphatic carbocycles. The second-order valence-corrected chi connectivity index (χ2v) is 3.47. The van der Waals surface area contributed by atoms with Crippen LogP contribution in [0.3, 0.4) is 0 Å². The van der Waals surface area contributed by atoms with Crippen LogP contribution < -0.4 is 4.74 Å². The van der Waals surface area contributed by atoms with Gasteiger partial charge in [-0.15, -0.1) is 0 Å². The number of rotatable bonds is 6.